The predicted molar refractivity (Wildman–Crippen MR) is 98.4 cm³/mol. The number of hydrogen-bond acceptors (Lipinski definition) is 7. The topological polar surface area (TPSA) is 130 Å². The van der Waals surface area contributed by atoms with Crippen molar-refractivity contribution in [1.29, 1.82) is 0 Å². The molecule has 0 radical (unpaired) electrons. The first-order valence-electron chi connectivity index (χ1n) is 8.68. The van der Waals surface area contributed by atoms with E-state index in [1.165, 1.54) is 12.1 Å². The summed E-state index contributed by atoms with van der Waals surface area (Å²) >= 11 is 0. The van der Waals surface area contributed by atoms with Gasteiger partial charge in [0.05, 0.1) is 22.0 Å². The van der Waals surface area contributed by atoms with E-state index < -0.39 is 27.3 Å². The van der Waals surface area contributed by atoms with Crippen molar-refractivity contribution in [2.75, 3.05) is 6.61 Å². The zero-order chi connectivity index (χ0) is 20.4. The van der Waals surface area contributed by atoms with Crippen molar-refractivity contribution in [2.45, 2.75) is 26.2 Å². The minimum atomic E-state index is -0.768. The molecule has 28 heavy (non-hydrogen) atoms. The monoisotopic (exact) mass is 384 g/mol. The minimum Gasteiger partial charge on any atom is -0.462 e. The van der Waals surface area contributed by atoms with Crippen molar-refractivity contribution in [2.24, 2.45) is 0 Å². The van der Waals surface area contributed by atoms with Crippen LogP contribution in [0.1, 0.15) is 52.5 Å². The Kier molecular flexibility index (Phi) is 5.16. The average molecular weight is 384 g/mol. The van der Waals surface area contributed by atoms with Crippen molar-refractivity contribution < 1.29 is 24.2 Å². The highest BCUT2D eigenvalue weighted by Gasteiger charge is 2.35. The number of non-ortho nitro benzene ring substituents is 2. The molecule has 0 N–H and O–H groups in total. The van der Waals surface area contributed by atoms with Crippen LogP contribution in [0.3, 0.4) is 0 Å². The molecule has 0 aliphatic heterocycles. The van der Waals surface area contributed by atoms with Gasteiger partial charge in [0.2, 0.25) is 0 Å². The Morgan fingerprint density at radius 1 is 0.964 bits per heavy atom. The van der Waals surface area contributed by atoms with Crippen molar-refractivity contribution >= 4 is 23.1 Å². The van der Waals surface area contributed by atoms with Crippen molar-refractivity contribution in [1.82, 2.24) is 0 Å². The third-order valence-corrected chi connectivity index (χ3v) is 4.51. The fraction of sp³-hybridized carbons (Fsp3) is 0.263. The third kappa shape index (κ3) is 3.34. The predicted octanol–water partition coefficient (Wildman–Crippen LogP) is 4.06. The highest BCUT2D eigenvalue weighted by molar-refractivity contribution is 6.24. The van der Waals surface area contributed by atoms with E-state index in [-0.39, 0.29) is 34.5 Å². The molecule has 144 valence electrons. The number of unbranched alkanes of at least 4 members (excludes halogenated alkanes) is 2. The lowest BCUT2D eigenvalue weighted by molar-refractivity contribution is -0.385. The molecule has 0 bridgehead atoms. The number of fused-ring (bicyclic) bond motifs is 3. The van der Waals surface area contributed by atoms with Crippen LogP contribution >= 0.6 is 0 Å². The van der Waals surface area contributed by atoms with Gasteiger partial charge in [0.1, 0.15) is 0 Å². The van der Waals surface area contributed by atoms with Gasteiger partial charge in [-0.3, -0.25) is 25.0 Å². The Hall–Kier alpha value is -3.62. The quantitative estimate of drug-likeness (QED) is 0.260. The number of ketones is 1. The maximum Gasteiger partial charge on any atom is 0.339 e. The van der Waals surface area contributed by atoms with Crippen LogP contribution in [0.5, 0.6) is 0 Å². The van der Waals surface area contributed by atoms with Gasteiger partial charge in [-0.1, -0.05) is 19.8 Å². The van der Waals surface area contributed by atoms with E-state index in [1.807, 2.05) is 6.92 Å². The smallest absolute Gasteiger partial charge is 0.339 e. The van der Waals surface area contributed by atoms with Gasteiger partial charge in [0, 0.05) is 41.0 Å². The number of esters is 1. The van der Waals surface area contributed by atoms with Gasteiger partial charge in [-0.05, 0) is 18.1 Å². The molecule has 0 saturated carbocycles. The van der Waals surface area contributed by atoms with Crippen LogP contribution in [0.25, 0.3) is 11.1 Å². The third-order valence-electron chi connectivity index (χ3n) is 4.51. The van der Waals surface area contributed by atoms with Gasteiger partial charge >= 0.3 is 5.97 Å². The number of nitro benzene ring substituents is 2. The van der Waals surface area contributed by atoms with E-state index in [1.54, 1.807) is 0 Å². The summed E-state index contributed by atoms with van der Waals surface area (Å²) in [5.41, 5.74) is -0.272. The SMILES string of the molecule is CCCCCOC(=O)c1cc([N+](=O)[O-])cc2c1-c1ccc([N+](=O)[O-])cc1C2=O. The molecular weight excluding hydrogens is 368 g/mol. The number of nitrogens with zero attached hydrogens (tertiary/aromatic N) is 2. The molecule has 3 rings (SSSR count). The summed E-state index contributed by atoms with van der Waals surface area (Å²) in [7, 11) is 0. The van der Waals surface area contributed by atoms with Crippen molar-refractivity contribution in [3.8, 4) is 11.1 Å². The molecule has 1 aliphatic carbocycles. The van der Waals surface area contributed by atoms with Crippen LogP contribution < -0.4 is 0 Å². The number of ether oxygens (including phenoxy) is 1. The van der Waals surface area contributed by atoms with Crippen molar-refractivity contribution in [3.05, 3.63) is 67.3 Å². The Morgan fingerprint density at radius 3 is 2.29 bits per heavy atom. The van der Waals surface area contributed by atoms with Crippen LogP contribution in [0.4, 0.5) is 11.4 Å². The van der Waals surface area contributed by atoms with E-state index in [0.29, 0.717) is 12.0 Å². The molecule has 0 heterocycles. The Labute approximate surface area is 159 Å². The Balaban J connectivity index is 2.10. The molecule has 0 aromatic heterocycles. The number of carbonyl (C=O) groups excluding carboxylic acids is 2. The van der Waals surface area contributed by atoms with E-state index in [2.05, 4.69) is 0 Å². The second kappa shape index (κ2) is 7.55. The van der Waals surface area contributed by atoms with Crippen LogP contribution in [0.2, 0.25) is 0 Å². The molecule has 0 atom stereocenters. The lowest BCUT2D eigenvalue weighted by Crippen LogP contribution is -2.09. The molecule has 0 amide bonds. The summed E-state index contributed by atoms with van der Waals surface area (Å²) < 4.78 is 5.22. The second-order valence-electron chi connectivity index (χ2n) is 6.33. The lowest BCUT2D eigenvalue weighted by Gasteiger charge is -2.09. The first kappa shape index (κ1) is 19.2. The van der Waals surface area contributed by atoms with Crippen LogP contribution in [0, 0.1) is 20.2 Å². The molecule has 9 heteroatoms. The highest BCUT2D eigenvalue weighted by Crippen LogP contribution is 2.42. The summed E-state index contributed by atoms with van der Waals surface area (Å²) in [4.78, 5) is 46.2. The van der Waals surface area contributed by atoms with E-state index in [4.69, 9.17) is 4.74 Å². The largest absolute Gasteiger partial charge is 0.462 e. The molecule has 2 aromatic rings. The number of benzene rings is 2. The molecule has 2 aromatic carbocycles. The maximum atomic E-state index is 12.7. The number of hydrogen-bond donors (Lipinski definition) is 0. The summed E-state index contributed by atoms with van der Waals surface area (Å²) in [5.74, 6) is -1.37. The van der Waals surface area contributed by atoms with Gasteiger partial charge < -0.3 is 4.74 Å². The van der Waals surface area contributed by atoms with Crippen LogP contribution in [-0.4, -0.2) is 28.2 Å². The average Bonchev–Trinajstić information content (AvgIpc) is 2.96. The van der Waals surface area contributed by atoms with Crippen molar-refractivity contribution in [3.63, 3.8) is 0 Å². The zero-order valence-electron chi connectivity index (χ0n) is 15.0. The summed E-state index contributed by atoms with van der Waals surface area (Å²) in [5, 5.41) is 22.3. The number of rotatable bonds is 7. The molecule has 0 saturated heterocycles. The number of carbonyl (C=O) groups is 2. The van der Waals surface area contributed by atoms with E-state index >= 15 is 0 Å². The molecule has 0 spiro atoms. The molecule has 1 aliphatic rings. The Bertz CT molecular complexity index is 1010. The highest BCUT2D eigenvalue weighted by atomic mass is 16.6. The van der Waals surface area contributed by atoms with E-state index in [9.17, 15) is 29.8 Å². The van der Waals surface area contributed by atoms with Gasteiger partial charge in [-0.25, -0.2) is 4.79 Å². The first-order valence-corrected chi connectivity index (χ1v) is 8.68. The lowest BCUT2D eigenvalue weighted by atomic mass is 9.98. The van der Waals surface area contributed by atoms with Gasteiger partial charge in [0.15, 0.2) is 5.78 Å². The fourth-order valence-electron chi connectivity index (χ4n) is 3.15. The molecular formula is C19H16N2O7. The standard InChI is InChI=1S/C19H16N2O7/c1-2-3-4-7-28-19(23)16-10-12(21(26)27)9-15-17(16)13-6-5-11(20(24)25)8-14(13)18(15)22/h5-6,8-10H,2-4,7H2,1H3. The summed E-state index contributed by atoms with van der Waals surface area (Å²) in [6.07, 6.45) is 2.46. The Morgan fingerprint density at radius 2 is 1.64 bits per heavy atom. The normalized spacial score (nSPS) is 11.7. The van der Waals surface area contributed by atoms with Crippen LogP contribution in [0.15, 0.2) is 30.3 Å². The van der Waals surface area contributed by atoms with Gasteiger partial charge in [0.25, 0.3) is 11.4 Å². The number of nitro groups is 2. The second-order valence-corrected chi connectivity index (χ2v) is 6.33. The van der Waals surface area contributed by atoms with E-state index in [0.717, 1.165) is 31.0 Å². The van der Waals surface area contributed by atoms with Crippen LogP contribution in [-0.2, 0) is 4.74 Å². The van der Waals surface area contributed by atoms with Gasteiger partial charge in [-0.2, -0.15) is 0 Å². The summed E-state index contributed by atoms with van der Waals surface area (Å²) in [6.45, 7) is 2.15. The zero-order valence-corrected chi connectivity index (χ0v) is 15.0. The fourth-order valence-corrected chi connectivity index (χ4v) is 3.15. The maximum absolute atomic E-state index is 12.7. The summed E-state index contributed by atoms with van der Waals surface area (Å²) in [6, 6.07) is 5.86. The minimum absolute atomic E-state index is 0.0322. The first-order chi connectivity index (χ1) is 13.3. The van der Waals surface area contributed by atoms with Gasteiger partial charge in [-0.15, -0.1) is 0 Å². The molecule has 9 nitrogen and oxygen atoms in total. The molecule has 0 unspecified atom stereocenters. The molecule has 0 fully saturated rings.